The first-order valence-electron chi connectivity index (χ1n) is 9.88. The number of ether oxygens (including phenoxy) is 2. The first-order chi connectivity index (χ1) is 12.8. The number of rotatable bonds is 7. The van der Waals surface area contributed by atoms with Gasteiger partial charge in [-0.25, -0.2) is 4.99 Å². The van der Waals surface area contributed by atoms with Crippen LogP contribution in [0.25, 0.3) is 0 Å². The molecule has 2 fully saturated rings. The van der Waals surface area contributed by atoms with Crippen LogP contribution in [0.5, 0.6) is 5.75 Å². The Labute approximate surface area is 180 Å². The van der Waals surface area contributed by atoms with E-state index in [0.717, 1.165) is 43.5 Å². The van der Waals surface area contributed by atoms with Gasteiger partial charge in [-0.3, -0.25) is 4.90 Å². The number of morpholine rings is 1. The van der Waals surface area contributed by atoms with Crippen molar-refractivity contribution >= 4 is 29.9 Å². The molecule has 0 amide bonds. The molecule has 2 atom stereocenters. The average Bonchev–Trinajstić information content (AvgIpc) is 3.13. The van der Waals surface area contributed by atoms with Gasteiger partial charge >= 0.3 is 0 Å². The number of para-hydroxylation sites is 1. The summed E-state index contributed by atoms with van der Waals surface area (Å²) in [5, 5.41) is 6.76. The highest BCUT2D eigenvalue weighted by Gasteiger charge is 2.32. The summed E-state index contributed by atoms with van der Waals surface area (Å²) in [6.07, 6.45) is 2.81. The predicted octanol–water partition coefficient (Wildman–Crippen LogP) is 2.62. The third-order valence-electron chi connectivity index (χ3n) is 4.98. The zero-order valence-corrected chi connectivity index (χ0v) is 18.8. The molecule has 2 saturated heterocycles. The molecule has 27 heavy (non-hydrogen) atoms. The highest BCUT2D eigenvalue weighted by atomic mass is 127. The predicted molar refractivity (Wildman–Crippen MR) is 120 cm³/mol. The zero-order chi connectivity index (χ0) is 18.2. The Bertz CT molecular complexity index is 599. The van der Waals surface area contributed by atoms with Gasteiger partial charge in [0.2, 0.25) is 0 Å². The van der Waals surface area contributed by atoms with Crippen LogP contribution in [0.1, 0.15) is 32.3 Å². The Hall–Kier alpha value is -1.06. The summed E-state index contributed by atoms with van der Waals surface area (Å²) in [6.45, 7) is 10.0. The maximum atomic E-state index is 6.03. The fraction of sp³-hybridized carbons (Fsp3) is 0.650. The fourth-order valence-electron chi connectivity index (χ4n) is 3.66. The van der Waals surface area contributed by atoms with Crippen LogP contribution in [-0.2, 0) is 11.3 Å². The number of hydrogen-bond acceptors (Lipinski definition) is 4. The molecule has 0 aliphatic carbocycles. The second-order valence-corrected chi connectivity index (χ2v) is 6.86. The molecule has 2 heterocycles. The van der Waals surface area contributed by atoms with E-state index < -0.39 is 0 Å². The van der Waals surface area contributed by atoms with E-state index in [9.17, 15) is 0 Å². The minimum absolute atomic E-state index is 0. The lowest BCUT2D eigenvalue weighted by atomic mass is 10.2. The number of aliphatic imine (C=N–C) groups is 1. The minimum Gasteiger partial charge on any atom is -0.494 e. The molecule has 2 aliphatic heterocycles. The Kier molecular flexibility index (Phi) is 9.64. The third-order valence-corrected chi connectivity index (χ3v) is 4.98. The number of hydrogen-bond donors (Lipinski definition) is 2. The third kappa shape index (κ3) is 6.50. The normalized spacial score (nSPS) is 22.7. The number of halogens is 1. The Morgan fingerprint density at radius 1 is 1.30 bits per heavy atom. The van der Waals surface area contributed by atoms with Crippen molar-refractivity contribution < 1.29 is 9.47 Å². The van der Waals surface area contributed by atoms with E-state index in [1.54, 1.807) is 0 Å². The van der Waals surface area contributed by atoms with Crippen LogP contribution >= 0.6 is 24.0 Å². The van der Waals surface area contributed by atoms with Crippen molar-refractivity contribution in [3.8, 4) is 5.75 Å². The minimum atomic E-state index is 0. The van der Waals surface area contributed by atoms with Crippen LogP contribution < -0.4 is 15.4 Å². The van der Waals surface area contributed by atoms with Gasteiger partial charge < -0.3 is 20.1 Å². The molecule has 0 bridgehead atoms. The summed E-state index contributed by atoms with van der Waals surface area (Å²) < 4.78 is 11.7. The summed E-state index contributed by atoms with van der Waals surface area (Å²) in [7, 11) is 0. The van der Waals surface area contributed by atoms with E-state index >= 15 is 0 Å². The molecule has 2 aliphatic rings. The van der Waals surface area contributed by atoms with Crippen molar-refractivity contribution in [1.82, 2.24) is 15.5 Å². The summed E-state index contributed by atoms with van der Waals surface area (Å²) >= 11 is 0. The van der Waals surface area contributed by atoms with Gasteiger partial charge in [0.15, 0.2) is 5.96 Å². The highest BCUT2D eigenvalue weighted by Crippen LogP contribution is 2.22. The van der Waals surface area contributed by atoms with E-state index in [1.807, 2.05) is 25.1 Å². The summed E-state index contributed by atoms with van der Waals surface area (Å²) in [5.74, 6) is 1.73. The van der Waals surface area contributed by atoms with Crippen LogP contribution in [0.2, 0.25) is 0 Å². The summed E-state index contributed by atoms with van der Waals surface area (Å²) in [5.41, 5.74) is 1.10. The van der Waals surface area contributed by atoms with Crippen molar-refractivity contribution in [2.45, 2.75) is 45.4 Å². The molecule has 152 valence electrons. The molecular weight excluding hydrogens is 455 g/mol. The molecular formula is C20H33IN4O2. The van der Waals surface area contributed by atoms with E-state index in [-0.39, 0.29) is 30.1 Å². The van der Waals surface area contributed by atoms with Crippen molar-refractivity contribution in [3.05, 3.63) is 29.8 Å². The lowest BCUT2D eigenvalue weighted by Crippen LogP contribution is -2.51. The Morgan fingerprint density at radius 3 is 2.96 bits per heavy atom. The lowest BCUT2D eigenvalue weighted by Gasteiger charge is -2.35. The van der Waals surface area contributed by atoms with Crippen molar-refractivity contribution in [1.29, 1.82) is 0 Å². The topological polar surface area (TPSA) is 58.1 Å². The molecule has 3 rings (SSSR count). The van der Waals surface area contributed by atoms with E-state index in [1.165, 1.54) is 19.4 Å². The molecule has 2 unspecified atom stereocenters. The smallest absolute Gasteiger partial charge is 0.191 e. The number of nitrogens with one attached hydrogen (secondary N) is 2. The SMILES string of the molecule is CCNC(=NCc1ccccc1OCC)NCC1CN2CCCC2CO1.I. The first kappa shape index (κ1) is 22.2. The molecule has 1 aromatic rings. The van der Waals surface area contributed by atoms with Crippen LogP contribution in [0.3, 0.4) is 0 Å². The first-order valence-corrected chi connectivity index (χ1v) is 9.88. The average molecular weight is 488 g/mol. The lowest BCUT2D eigenvalue weighted by molar-refractivity contribution is -0.0453. The standard InChI is InChI=1S/C20H32N4O2.HI/c1-3-21-20(22-12-16-8-5-6-10-19(16)25-4-2)23-13-18-14-24-11-7-9-17(24)15-26-18;/h5-6,8,10,17-18H,3-4,7,9,11-15H2,1-2H3,(H2,21,22,23);1H. The van der Waals surface area contributed by atoms with Crippen LogP contribution in [0.15, 0.2) is 29.3 Å². The highest BCUT2D eigenvalue weighted by molar-refractivity contribution is 14.0. The maximum absolute atomic E-state index is 6.03. The van der Waals surface area contributed by atoms with Gasteiger partial charge in [-0.1, -0.05) is 18.2 Å². The van der Waals surface area contributed by atoms with Crippen LogP contribution in [-0.4, -0.2) is 62.4 Å². The summed E-state index contributed by atoms with van der Waals surface area (Å²) in [4.78, 5) is 7.29. The quantitative estimate of drug-likeness (QED) is 0.351. The molecule has 6 nitrogen and oxygen atoms in total. The van der Waals surface area contributed by atoms with Crippen LogP contribution in [0, 0.1) is 0 Å². The largest absolute Gasteiger partial charge is 0.494 e. The van der Waals surface area contributed by atoms with E-state index in [2.05, 4.69) is 28.5 Å². The number of nitrogens with zero attached hydrogens (tertiary/aromatic N) is 2. The second kappa shape index (κ2) is 11.7. The van der Waals surface area contributed by atoms with Gasteiger partial charge in [0.25, 0.3) is 0 Å². The molecule has 0 aromatic heterocycles. The van der Waals surface area contributed by atoms with E-state index in [4.69, 9.17) is 14.5 Å². The van der Waals surface area contributed by atoms with Gasteiger partial charge in [0.1, 0.15) is 5.75 Å². The molecule has 7 heteroatoms. The molecule has 1 aromatic carbocycles. The fourth-order valence-corrected chi connectivity index (χ4v) is 3.66. The van der Waals surface area contributed by atoms with Gasteiger partial charge in [0, 0.05) is 31.2 Å². The number of guanidine groups is 1. The van der Waals surface area contributed by atoms with Gasteiger partial charge in [-0.15, -0.1) is 24.0 Å². The Morgan fingerprint density at radius 2 is 2.15 bits per heavy atom. The molecule has 0 radical (unpaired) electrons. The van der Waals surface area contributed by atoms with Gasteiger partial charge in [-0.2, -0.15) is 0 Å². The van der Waals surface area contributed by atoms with Crippen molar-refractivity contribution in [2.75, 3.05) is 39.4 Å². The molecule has 0 saturated carbocycles. The van der Waals surface area contributed by atoms with Gasteiger partial charge in [-0.05, 0) is 39.3 Å². The van der Waals surface area contributed by atoms with Crippen LogP contribution in [0.4, 0.5) is 0 Å². The second-order valence-electron chi connectivity index (χ2n) is 6.86. The Balaban J connectivity index is 0.00000261. The van der Waals surface area contributed by atoms with Crippen molar-refractivity contribution in [2.24, 2.45) is 4.99 Å². The van der Waals surface area contributed by atoms with E-state index in [0.29, 0.717) is 19.2 Å². The molecule has 2 N–H and O–H groups in total. The summed E-state index contributed by atoms with van der Waals surface area (Å²) in [6, 6.07) is 8.72. The number of benzene rings is 1. The monoisotopic (exact) mass is 488 g/mol. The maximum Gasteiger partial charge on any atom is 0.191 e. The van der Waals surface area contributed by atoms with Gasteiger partial charge in [0.05, 0.1) is 25.9 Å². The zero-order valence-electron chi connectivity index (χ0n) is 16.4. The number of fused-ring (bicyclic) bond motifs is 1. The molecule has 0 spiro atoms. The van der Waals surface area contributed by atoms with Crippen molar-refractivity contribution in [3.63, 3.8) is 0 Å².